The van der Waals surface area contributed by atoms with Crippen molar-refractivity contribution < 1.29 is 13.5 Å². The van der Waals surface area contributed by atoms with Crippen molar-refractivity contribution in [1.82, 2.24) is 10.3 Å². The summed E-state index contributed by atoms with van der Waals surface area (Å²) in [7, 11) is 0. The SMILES string of the molecule is CCNCC(F)(F)COc1ccc(C)nc1. The molecule has 90 valence electrons. The second-order valence-corrected chi connectivity index (χ2v) is 3.56. The van der Waals surface area contributed by atoms with Gasteiger partial charge in [-0.1, -0.05) is 6.92 Å². The highest BCUT2D eigenvalue weighted by molar-refractivity contribution is 5.19. The molecule has 0 spiro atoms. The van der Waals surface area contributed by atoms with Crippen molar-refractivity contribution in [3.63, 3.8) is 0 Å². The van der Waals surface area contributed by atoms with E-state index in [1.807, 2.05) is 6.92 Å². The Morgan fingerprint density at radius 2 is 2.19 bits per heavy atom. The van der Waals surface area contributed by atoms with Gasteiger partial charge in [-0.15, -0.1) is 0 Å². The van der Waals surface area contributed by atoms with Gasteiger partial charge < -0.3 is 10.1 Å². The third kappa shape index (κ3) is 4.53. The molecule has 1 aromatic rings. The number of halogens is 2. The summed E-state index contributed by atoms with van der Waals surface area (Å²) < 4.78 is 31.3. The fraction of sp³-hybridized carbons (Fsp3) is 0.545. The van der Waals surface area contributed by atoms with Gasteiger partial charge in [-0.25, -0.2) is 8.78 Å². The van der Waals surface area contributed by atoms with E-state index in [0.717, 1.165) is 5.69 Å². The van der Waals surface area contributed by atoms with Crippen molar-refractivity contribution in [2.75, 3.05) is 19.7 Å². The summed E-state index contributed by atoms with van der Waals surface area (Å²) in [6.07, 6.45) is 1.44. The molecule has 0 aliphatic carbocycles. The van der Waals surface area contributed by atoms with Crippen molar-refractivity contribution in [2.24, 2.45) is 0 Å². The summed E-state index contributed by atoms with van der Waals surface area (Å²) in [4.78, 5) is 3.96. The zero-order valence-corrected chi connectivity index (χ0v) is 9.46. The number of hydrogen-bond donors (Lipinski definition) is 1. The smallest absolute Gasteiger partial charge is 0.293 e. The van der Waals surface area contributed by atoms with E-state index in [9.17, 15) is 8.78 Å². The number of hydrogen-bond acceptors (Lipinski definition) is 3. The molecule has 1 N–H and O–H groups in total. The lowest BCUT2D eigenvalue weighted by Crippen LogP contribution is -2.37. The van der Waals surface area contributed by atoms with Crippen LogP contribution in [0.2, 0.25) is 0 Å². The van der Waals surface area contributed by atoms with Gasteiger partial charge in [0.05, 0.1) is 12.7 Å². The monoisotopic (exact) mass is 230 g/mol. The molecule has 0 atom stereocenters. The molecule has 0 saturated heterocycles. The molecule has 0 aliphatic heterocycles. The van der Waals surface area contributed by atoms with Crippen molar-refractivity contribution in [2.45, 2.75) is 19.8 Å². The molecule has 0 fully saturated rings. The predicted molar refractivity (Wildman–Crippen MR) is 58.0 cm³/mol. The maximum absolute atomic E-state index is 13.2. The first-order valence-corrected chi connectivity index (χ1v) is 5.17. The van der Waals surface area contributed by atoms with Crippen LogP contribution in [0.25, 0.3) is 0 Å². The Bertz CT molecular complexity index is 314. The Morgan fingerprint density at radius 1 is 1.44 bits per heavy atom. The first-order valence-electron chi connectivity index (χ1n) is 5.17. The summed E-state index contributed by atoms with van der Waals surface area (Å²) >= 11 is 0. The van der Waals surface area contributed by atoms with E-state index in [2.05, 4.69) is 10.3 Å². The molecule has 5 heteroatoms. The maximum Gasteiger partial charge on any atom is 0.293 e. The zero-order chi connectivity index (χ0) is 12.0. The predicted octanol–water partition coefficient (Wildman–Crippen LogP) is 2.01. The van der Waals surface area contributed by atoms with Crippen LogP contribution >= 0.6 is 0 Å². The summed E-state index contributed by atoms with van der Waals surface area (Å²) in [6.45, 7) is 3.11. The van der Waals surface area contributed by atoms with Gasteiger partial charge in [0.2, 0.25) is 0 Å². The van der Waals surface area contributed by atoms with Crippen LogP contribution < -0.4 is 10.1 Å². The fourth-order valence-electron chi connectivity index (χ4n) is 1.09. The number of rotatable bonds is 6. The van der Waals surface area contributed by atoms with Crippen LogP contribution in [0.3, 0.4) is 0 Å². The Labute approximate surface area is 93.8 Å². The van der Waals surface area contributed by atoms with E-state index in [-0.39, 0.29) is 6.54 Å². The average Bonchev–Trinajstić information content (AvgIpc) is 2.26. The molecule has 0 radical (unpaired) electrons. The van der Waals surface area contributed by atoms with Crippen molar-refractivity contribution >= 4 is 0 Å². The number of ether oxygens (including phenoxy) is 1. The lowest BCUT2D eigenvalue weighted by molar-refractivity contribution is -0.0386. The van der Waals surface area contributed by atoms with Gasteiger partial charge in [-0.05, 0) is 25.6 Å². The molecule has 1 aromatic heterocycles. The van der Waals surface area contributed by atoms with E-state index >= 15 is 0 Å². The minimum atomic E-state index is -2.86. The van der Waals surface area contributed by atoms with Crippen molar-refractivity contribution in [1.29, 1.82) is 0 Å². The van der Waals surface area contributed by atoms with Crippen LogP contribution in [0.4, 0.5) is 8.78 Å². The normalized spacial score (nSPS) is 11.5. The van der Waals surface area contributed by atoms with Crippen LogP contribution in [-0.2, 0) is 0 Å². The maximum atomic E-state index is 13.2. The van der Waals surface area contributed by atoms with Gasteiger partial charge >= 0.3 is 0 Å². The van der Waals surface area contributed by atoms with Crippen LogP contribution in [0, 0.1) is 6.92 Å². The molecule has 0 unspecified atom stereocenters. The summed E-state index contributed by atoms with van der Waals surface area (Å²) in [5, 5.41) is 2.59. The molecule has 0 aromatic carbocycles. The zero-order valence-electron chi connectivity index (χ0n) is 9.46. The summed E-state index contributed by atoms with van der Waals surface area (Å²) in [5.41, 5.74) is 0.826. The Morgan fingerprint density at radius 3 is 2.75 bits per heavy atom. The molecule has 0 amide bonds. The summed E-state index contributed by atoms with van der Waals surface area (Å²) in [6, 6.07) is 3.35. The molecular formula is C11H16F2N2O. The molecule has 3 nitrogen and oxygen atoms in total. The van der Waals surface area contributed by atoms with Crippen molar-refractivity contribution in [3.8, 4) is 5.75 Å². The highest BCUT2D eigenvalue weighted by atomic mass is 19.3. The standard InChI is InChI=1S/C11H16F2N2O/c1-3-14-7-11(12,13)8-16-10-5-4-9(2)15-6-10/h4-6,14H,3,7-8H2,1-2H3. The van der Waals surface area contributed by atoms with Crippen LogP contribution in [0.15, 0.2) is 18.3 Å². The third-order valence-electron chi connectivity index (χ3n) is 1.97. The Hall–Kier alpha value is -1.23. The highest BCUT2D eigenvalue weighted by Crippen LogP contribution is 2.16. The largest absolute Gasteiger partial charge is 0.486 e. The topological polar surface area (TPSA) is 34.1 Å². The Kier molecular flexibility index (Phi) is 4.61. The van der Waals surface area contributed by atoms with Gasteiger partial charge in [0.25, 0.3) is 5.92 Å². The van der Waals surface area contributed by atoms with Gasteiger partial charge in [0.15, 0.2) is 6.61 Å². The average molecular weight is 230 g/mol. The highest BCUT2D eigenvalue weighted by Gasteiger charge is 2.29. The van der Waals surface area contributed by atoms with E-state index < -0.39 is 12.5 Å². The quantitative estimate of drug-likeness (QED) is 0.811. The minimum absolute atomic E-state index is 0.363. The van der Waals surface area contributed by atoms with E-state index in [0.29, 0.717) is 12.3 Å². The molecule has 1 rings (SSSR count). The van der Waals surface area contributed by atoms with Crippen molar-refractivity contribution in [3.05, 3.63) is 24.0 Å². The first kappa shape index (κ1) is 12.8. The number of alkyl halides is 2. The van der Waals surface area contributed by atoms with Gasteiger partial charge in [-0.3, -0.25) is 4.98 Å². The van der Waals surface area contributed by atoms with Gasteiger partial charge in [0.1, 0.15) is 5.75 Å². The van der Waals surface area contributed by atoms with Gasteiger partial charge in [-0.2, -0.15) is 0 Å². The fourth-order valence-corrected chi connectivity index (χ4v) is 1.09. The molecule has 0 bridgehead atoms. The number of nitrogens with one attached hydrogen (secondary N) is 1. The lowest BCUT2D eigenvalue weighted by atomic mass is 10.3. The second-order valence-electron chi connectivity index (χ2n) is 3.56. The number of aryl methyl sites for hydroxylation is 1. The third-order valence-corrected chi connectivity index (χ3v) is 1.97. The first-order chi connectivity index (χ1) is 7.53. The van der Waals surface area contributed by atoms with E-state index in [1.165, 1.54) is 6.20 Å². The summed E-state index contributed by atoms with van der Waals surface area (Å²) in [5.74, 6) is -2.50. The number of nitrogens with zero attached hydrogens (tertiary/aromatic N) is 1. The number of aromatic nitrogens is 1. The van der Waals surface area contributed by atoms with E-state index in [4.69, 9.17) is 4.74 Å². The van der Waals surface area contributed by atoms with E-state index in [1.54, 1.807) is 19.1 Å². The molecule has 1 heterocycles. The second kappa shape index (κ2) is 5.75. The van der Waals surface area contributed by atoms with Crippen LogP contribution in [0.1, 0.15) is 12.6 Å². The van der Waals surface area contributed by atoms with Crippen LogP contribution in [-0.4, -0.2) is 30.6 Å². The lowest BCUT2D eigenvalue weighted by Gasteiger charge is -2.17. The molecule has 16 heavy (non-hydrogen) atoms. The van der Waals surface area contributed by atoms with Crippen LogP contribution in [0.5, 0.6) is 5.75 Å². The Balaban J connectivity index is 2.41. The molecular weight excluding hydrogens is 214 g/mol. The molecule has 0 saturated carbocycles. The molecule has 0 aliphatic rings. The number of pyridine rings is 1. The van der Waals surface area contributed by atoms with Gasteiger partial charge in [0, 0.05) is 5.69 Å². The minimum Gasteiger partial charge on any atom is -0.486 e.